The molecule has 2 nitrogen and oxygen atoms in total. The van der Waals surface area contributed by atoms with Gasteiger partial charge in [0.15, 0.2) is 0 Å². The maximum absolute atomic E-state index is 6.89. The first-order valence-corrected chi connectivity index (χ1v) is 9.06. The summed E-state index contributed by atoms with van der Waals surface area (Å²) in [6, 6.07) is 0.258. The van der Waals surface area contributed by atoms with Gasteiger partial charge >= 0.3 is 0 Å². The van der Waals surface area contributed by atoms with Gasteiger partial charge in [0, 0.05) is 11.6 Å². The van der Waals surface area contributed by atoms with E-state index >= 15 is 0 Å². The van der Waals surface area contributed by atoms with Crippen LogP contribution in [0.1, 0.15) is 77.6 Å². The highest BCUT2D eigenvalue weighted by Crippen LogP contribution is 2.69. The van der Waals surface area contributed by atoms with Crippen molar-refractivity contribution in [2.24, 2.45) is 34.1 Å². The predicted octanol–water partition coefficient (Wildman–Crippen LogP) is 3.58. The van der Waals surface area contributed by atoms with E-state index in [1.165, 1.54) is 70.6 Å². The van der Waals surface area contributed by atoms with Crippen molar-refractivity contribution in [2.45, 2.75) is 89.1 Å². The van der Waals surface area contributed by atoms with Crippen LogP contribution in [0, 0.1) is 22.7 Å². The topological polar surface area (TPSA) is 52.0 Å². The molecule has 0 heterocycles. The van der Waals surface area contributed by atoms with E-state index < -0.39 is 0 Å². The maximum atomic E-state index is 6.89. The summed E-state index contributed by atoms with van der Waals surface area (Å²) >= 11 is 0. The summed E-state index contributed by atoms with van der Waals surface area (Å²) in [5.41, 5.74) is 14.5. The fourth-order valence-electron chi connectivity index (χ4n) is 7.35. The predicted molar refractivity (Wildman–Crippen MR) is 83.2 cm³/mol. The fourth-order valence-corrected chi connectivity index (χ4v) is 7.35. The smallest absolute Gasteiger partial charge is 0.0321 e. The summed E-state index contributed by atoms with van der Waals surface area (Å²) < 4.78 is 0. The Morgan fingerprint density at radius 2 is 1.75 bits per heavy atom. The van der Waals surface area contributed by atoms with E-state index in [0.29, 0.717) is 10.8 Å². The second-order valence-electron chi connectivity index (χ2n) is 8.96. The third-order valence-corrected chi connectivity index (χ3v) is 7.90. The maximum Gasteiger partial charge on any atom is 0.0321 e. The van der Waals surface area contributed by atoms with E-state index in [0.717, 1.165) is 11.8 Å². The minimum Gasteiger partial charge on any atom is -0.326 e. The number of rotatable bonds is 2. The monoisotopic (exact) mass is 276 g/mol. The molecule has 20 heavy (non-hydrogen) atoms. The van der Waals surface area contributed by atoms with Crippen LogP contribution < -0.4 is 11.5 Å². The lowest BCUT2D eigenvalue weighted by molar-refractivity contribution is -0.165. The summed E-state index contributed by atoms with van der Waals surface area (Å²) in [6.45, 7) is 2.37. The molecule has 5 aliphatic rings. The molecule has 5 fully saturated rings. The van der Waals surface area contributed by atoms with Gasteiger partial charge < -0.3 is 11.5 Å². The number of hydrogen-bond donors (Lipinski definition) is 2. The quantitative estimate of drug-likeness (QED) is 0.810. The molecule has 5 atom stereocenters. The van der Waals surface area contributed by atoms with Gasteiger partial charge in [-0.25, -0.2) is 0 Å². The van der Waals surface area contributed by atoms with Gasteiger partial charge in [0.25, 0.3) is 0 Å². The summed E-state index contributed by atoms with van der Waals surface area (Å²) in [7, 11) is 0. The van der Waals surface area contributed by atoms with Gasteiger partial charge in [-0.3, -0.25) is 0 Å². The third-order valence-electron chi connectivity index (χ3n) is 7.90. The highest BCUT2D eigenvalue weighted by molar-refractivity contribution is 5.22. The Bertz CT molecular complexity index is 402. The average Bonchev–Trinajstić information content (AvgIpc) is 2.45. The van der Waals surface area contributed by atoms with E-state index in [-0.39, 0.29) is 11.6 Å². The van der Waals surface area contributed by atoms with Gasteiger partial charge in [0.05, 0.1) is 0 Å². The lowest BCUT2D eigenvalue weighted by Crippen LogP contribution is -2.75. The van der Waals surface area contributed by atoms with Gasteiger partial charge in [-0.15, -0.1) is 0 Å². The van der Waals surface area contributed by atoms with Gasteiger partial charge in [0.1, 0.15) is 0 Å². The molecule has 2 heteroatoms. The molecule has 0 radical (unpaired) electrons. The summed E-state index contributed by atoms with van der Waals surface area (Å²) in [6.07, 6.45) is 15.3. The van der Waals surface area contributed by atoms with E-state index in [2.05, 4.69) is 6.92 Å². The first kappa shape index (κ1) is 13.6. The lowest BCUT2D eigenvalue weighted by atomic mass is 9.37. The van der Waals surface area contributed by atoms with Crippen LogP contribution in [-0.2, 0) is 0 Å². The molecule has 0 aliphatic heterocycles. The highest BCUT2D eigenvalue weighted by Gasteiger charge is 2.66. The zero-order chi connectivity index (χ0) is 14.0. The van der Waals surface area contributed by atoms with Crippen molar-refractivity contribution in [3.63, 3.8) is 0 Å². The van der Waals surface area contributed by atoms with Crippen molar-refractivity contribution in [2.75, 3.05) is 0 Å². The molecule has 0 aromatic heterocycles. The molecule has 5 rings (SSSR count). The average molecular weight is 276 g/mol. The molecule has 5 saturated carbocycles. The molecular formula is C18H32N2. The summed E-state index contributed by atoms with van der Waals surface area (Å²) in [5, 5.41) is 0. The van der Waals surface area contributed by atoms with Crippen LogP contribution in [0.2, 0.25) is 0 Å². The minimum atomic E-state index is -0.0348. The summed E-state index contributed by atoms with van der Waals surface area (Å²) in [5.74, 6) is 1.84. The van der Waals surface area contributed by atoms with E-state index in [1.54, 1.807) is 0 Å². The third kappa shape index (κ3) is 1.64. The van der Waals surface area contributed by atoms with Gasteiger partial charge in [-0.05, 0) is 74.0 Å². The molecule has 4 N–H and O–H groups in total. The Kier molecular flexibility index (Phi) is 2.87. The Hall–Kier alpha value is -0.0800. The van der Waals surface area contributed by atoms with Crippen molar-refractivity contribution in [3.05, 3.63) is 0 Å². The van der Waals surface area contributed by atoms with E-state index in [1.807, 2.05) is 0 Å². The molecule has 5 aliphatic carbocycles. The van der Waals surface area contributed by atoms with Crippen LogP contribution in [0.3, 0.4) is 0 Å². The van der Waals surface area contributed by atoms with E-state index in [4.69, 9.17) is 11.5 Å². The lowest BCUT2D eigenvalue weighted by Gasteiger charge is -2.70. The Morgan fingerprint density at radius 3 is 2.45 bits per heavy atom. The second kappa shape index (κ2) is 4.23. The fraction of sp³-hybridized carbons (Fsp3) is 1.00. The van der Waals surface area contributed by atoms with Crippen molar-refractivity contribution in [1.82, 2.24) is 0 Å². The Morgan fingerprint density at radius 1 is 1.00 bits per heavy atom. The van der Waals surface area contributed by atoms with Crippen molar-refractivity contribution < 1.29 is 0 Å². The second-order valence-corrected chi connectivity index (χ2v) is 8.96. The standard InChI is InChI=1S/C18H32N2/c1-2-16-8-13-9-17(11-16,14-6-4-3-5-7-14)12-18(20,10-13)15(16)19/h13-15H,2-12,19-20H2,1H3. The Labute approximate surface area is 124 Å². The van der Waals surface area contributed by atoms with Crippen molar-refractivity contribution >= 4 is 0 Å². The first-order valence-electron chi connectivity index (χ1n) is 9.06. The highest BCUT2D eigenvalue weighted by atomic mass is 14.9. The van der Waals surface area contributed by atoms with Gasteiger partial charge in [-0.2, -0.15) is 0 Å². The largest absolute Gasteiger partial charge is 0.326 e. The summed E-state index contributed by atoms with van der Waals surface area (Å²) in [4.78, 5) is 0. The SMILES string of the molecule is CCC12CC3CC(N)(CC(C4CCCCC4)(C3)C1)C2N. The molecule has 0 aromatic carbocycles. The first-order chi connectivity index (χ1) is 9.52. The van der Waals surface area contributed by atoms with E-state index in [9.17, 15) is 0 Å². The molecule has 114 valence electrons. The van der Waals surface area contributed by atoms with Crippen LogP contribution in [0.15, 0.2) is 0 Å². The molecular weight excluding hydrogens is 244 g/mol. The zero-order valence-corrected chi connectivity index (χ0v) is 13.2. The Balaban J connectivity index is 1.72. The molecule has 5 unspecified atom stereocenters. The number of hydrogen-bond acceptors (Lipinski definition) is 2. The van der Waals surface area contributed by atoms with Crippen molar-refractivity contribution in [1.29, 1.82) is 0 Å². The molecule has 0 aromatic rings. The van der Waals surface area contributed by atoms with Crippen LogP contribution in [0.5, 0.6) is 0 Å². The van der Waals surface area contributed by atoms with Crippen LogP contribution >= 0.6 is 0 Å². The molecule has 4 bridgehead atoms. The zero-order valence-electron chi connectivity index (χ0n) is 13.2. The molecule has 0 amide bonds. The van der Waals surface area contributed by atoms with Crippen molar-refractivity contribution in [3.8, 4) is 0 Å². The normalized spacial score (nSPS) is 55.4. The number of nitrogens with two attached hydrogens (primary N) is 2. The van der Waals surface area contributed by atoms with Gasteiger partial charge in [-0.1, -0.05) is 26.2 Å². The molecule has 0 saturated heterocycles. The van der Waals surface area contributed by atoms with Crippen LogP contribution in [-0.4, -0.2) is 11.6 Å². The van der Waals surface area contributed by atoms with Crippen LogP contribution in [0.4, 0.5) is 0 Å². The molecule has 0 spiro atoms. The minimum absolute atomic E-state index is 0.0348. The van der Waals surface area contributed by atoms with Crippen LogP contribution in [0.25, 0.3) is 0 Å². The van der Waals surface area contributed by atoms with Gasteiger partial charge in [0.2, 0.25) is 0 Å².